The van der Waals surface area contributed by atoms with Crippen LogP contribution in [-0.2, 0) is 6.42 Å². The van der Waals surface area contributed by atoms with Gasteiger partial charge in [-0.05, 0) is 41.8 Å². The van der Waals surface area contributed by atoms with Crippen molar-refractivity contribution in [1.29, 1.82) is 0 Å². The first-order valence-corrected chi connectivity index (χ1v) is 7.04. The van der Waals surface area contributed by atoms with Gasteiger partial charge in [-0.1, -0.05) is 25.1 Å². The maximum absolute atomic E-state index is 13.7. The van der Waals surface area contributed by atoms with Gasteiger partial charge in [0, 0.05) is 6.42 Å². The first-order chi connectivity index (χ1) is 9.78. The third-order valence-corrected chi connectivity index (χ3v) is 3.73. The number of benzene rings is 2. The lowest BCUT2D eigenvalue weighted by molar-refractivity contribution is 0.357. The van der Waals surface area contributed by atoms with E-state index in [-0.39, 0.29) is 11.9 Å². The van der Waals surface area contributed by atoms with Crippen molar-refractivity contribution < 1.29 is 9.13 Å². The normalized spacial score (nSPS) is 14.5. The van der Waals surface area contributed by atoms with Gasteiger partial charge in [0.2, 0.25) is 0 Å². The molecule has 2 aromatic carbocycles. The van der Waals surface area contributed by atoms with Crippen molar-refractivity contribution in [3.63, 3.8) is 0 Å². The van der Waals surface area contributed by atoms with Crippen LogP contribution in [0.3, 0.4) is 0 Å². The Labute approximate surface area is 118 Å². The zero-order valence-corrected chi connectivity index (χ0v) is 11.5. The molecule has 1 unspecified atom stereocenters. The second kappa shape index (κ2) is 5.53. The highest BCUT2D eigenvalue weighted by molar-refractivity contribution is 5.48. The van der Waals surface area contributed by atoms with Gasteiger partial charge < -0.3 is 10.1 Å². The number of ether oxygens (including phenoxy) is 1. The number of halogens is 1. The van der Waals surface area contributed by atoms with Crippen LogP contribution in [0.2, 0.25) is 0 Å². The number of hydrogen-bond donors (Lipinski definition) is 1. The average molecular weight is 271 g/mol. The first-order valence-electron chi connectivity index (χ1n) is 7.04. The summed E-state index contributed by atoms with van der Waals surface area (Å²) in [5, 5.41) is 3.29. The molecule has 20 heavy (non-hydrogen) atoms. The second-order valence-corrected chi connectivity index (χ2v) is 5.05. The highest BCUT2D eigenvalue weighted by Crippen LogP contribution is 2.31. The molecule has 0 radical (unpaired) electrons. The van der Waals surface area contributed by atoms with Crippen molar-refractivity contribution in [2.24, 2.45) is 0 Å². The van der Waals surface area contributed by atoms with E-state index in [1.807, 2.05) is 12.1 Å². The molecule has 2 aromatic rings. The van der Waals surface area contributed by atoms with Crippen LogP contribution in [0.15, 0.2) is 42.5 Å². The van der Waals surface area contributed by atoms with E-state index >= 15 is 0 Å². The second-order valence-electron chi connectivity index (χ2n) is 5.05. The highest BCUT2D eigenvalue weighted by Gasteiger charge is 2.16. The molecule has 104 valence electrons. The summed E-state index contributed by atoms with van der Waals surface area (Å²) < 4.78 is 19.3. The molecule has 0 spiro atoms. The predicted octanol–water partition coefficient (Wildman–Crippen LogP) is 4.32. The molecule has 0 saturated carbocycles. The molecule has 0 amide bonds. The lowest BCUT2D eigenvalue weighted by atomic mass is 10.0. The summed E-state index contributed by atoms with van der Waals surface area (Å²) >= 11 is 0. The first kappa shape index (κ1) is 13.0. The third-order valence-electron chi connectivity index (χ3n) is 3.73. The molecule has 3 heteroatoms. The summed E-state index contributed by atoms with van der Waals surface area (Å²) in [5.41, 5.74) is 2.98. The topological polar surface area (TPSA) is 21.3 Å². The van der Waals surface area contributed by atoms with Gasteiger partial charge in [-0.3, -0.25) is 0 Å². The summed E-state index contributed by atoms with van der Waals surface area (Å²) in [5.74, 6) is 0.768. The molecule has 0 saturated heterocycles. The van der Waals surface area contributed by atoms with Gasteiger partial charge in [-0.25, -0.2) is 4.39 Å². The number of anilines is 1. The minimum atomic E-state index is -0.213. The third kappa shape index (κ3) is 2.48. The fourth-order valence-electron chi connectivity index (χ4n) is 2.61. The molecule has 1 atom stereocenters. The predicted molar refractivity (Wildman–Crippen MR) is 78.7 cm³/mol. The standard InChI is InChI=1S/C17H18FNO/c1-2-15(19-16-6-4-3-5-14(16)18)12-7-8-17-13(11-12)9-10-20-17/h3-8,11,15,19H,2,9-10H2,1H3. The Bertz CT molecular complexity index is 612. The van der Waals surface area contributed by atoms with E-state index < -0.39 is 0 Å². The molecule has 0 aromatic heterocycles. The van der Waals surface area contributed by atoms with Gasteiger partial charge in [-0.15, -0.1) is 0 Å². The molecule has 0 fully saturated rings. The molecule has 1 aliphatic heterocycles. The Hall–Kier alpha value is -2.03. The van der Waals surface area contributed by atoms with E-state index in [1.165, 1.54) is 17.2 Å². The number of rotatable bonds is 4. The molecule has 1 aliphatic rings. The lowest BCUT2D eigenvalue weighted by Crippen LogP contribution is -2.11. The van der Waals surface area contributed by atoms with Crippen LogP contribution in [0.25, 0.3) is 0 Å². The van der Waals surface area contributed by atoms with Crippen molar-refractivity contribution in [2.75, 3.05) is 11.9 Å². The van der Waals surface area contributed by atoms with Gasteiger partial charge in [0.15, 0.2) is 0 Å². The van der Waals surface area contributed by atoms with Crippen LogP contribution in [-0.4, -0.2) is 6.61 Å². The summed E-state index contributed by atoms with van der Waals surface area (Å²) in [6.07, 6.45) is 1.85. The number of para-hydroxylation sites is 1. The van der Waals surface area contributed by atoms with Crippen LogP contribution >= 0.6 is 0 Å². The minimum Gasteiger partial charge on any atom is -0.493 e. The van der Waals surface area contributed by atoms with Gasteiger partial charge >= 0.3 is 0 Å². The van der Waals surface area contributed by atoms with E-state index in [0.717, 1.165) is 25.2 Å². The number of fused-ring (bicyclic) bond motifs is 1. The lowest BCUT2D eigenvalue weighted by Gasteiger charge is -2.20. The van der Waals surface area contributed by atoms with Crippen molar-refractivity contribution in [3.05, 3.63) is 59.4 Å². The minimum absolute atomic E-state index is 0.109. The quantitative estimate of drug-likeness (QED) is 0.894. The maximum atomic E-state index is 13.7. The molecule has 0 bridgehead atoms. The average Bonchev–Trinajstić information content (AvgIpc) is 2.94. The smallest absolute Gasteiger partial charge is 0.146 e. The maximum Gasteiger partial charge on any atom is 0.146 e. The Morgan fingerprint density at radius 3 is 2.90 bits per heavy atom. The molecular weight excluding hydrogens is 253 g/mol. The highest BCUT2D eigenvalue weighted by atomic mass is 19.1. The van der Waals surface area contributed by atoms with E-state index in [1.54, 1.807) is 12.1 Å². The molecule has 0 aliphatic carbocycles. The molecule has 1 N–H and O–H groups in total. The Morgan fingerprint density at radius 2 is 2.10 bits per heavy atom. The summed E-state index contributed by atoms with van der Waals surface area (Å²) in [6.45, 7) is 2.86. The Morgan fingerprint density at radius 1 is 1.25 bits per heavy atom. The monoisotopic (exact) mass is 271 g/mol. The Balaban J connectivity index is 1.85. The fourth-order valence-corrected chi connectivity index (χ4v) is 2.61. The van der Waals surface area contributed by atoms with Crippen LogP contribution in [0.1, 0.15) is 30.5 Å². The summed E-state index contributed by atoms with van der Waals surface area (Å²) in [4.78, 5) is 0. The largest absolute Gasteiger partial charge is 0.493 e. The van der Waals surface area contributed by atoms with Crippen molar-refractivity contribution in [1.82, 2.24) is 0 Å². The fraction of sp³-hybridized carbons (Fsp3) is 0.294. The Kier molecular flexibility index (Phi) is 3.59. The van der Waals surface area contributed by atoms with Crippen LogP contribution in [0.4, 0.5) is 10.1 Å². The van der Waals surface area contributed by atoms with Crippen LogP contribution in [0, 0.1) is 5.82 Å². The number of nitrogens with one attached hydrogen (secondary N) is 1. The van der Waals surface area contributed by atoms with Crippen molar-refractivity contribution >= 4 is 5.69 Å². The molecular formula is C17H18FNO. The van der Waals surface area contributed by atoms with Crippen molar-refractivity contribution in [3.8, 4) is 5.75 Å². The van der Waals surface area contributed by atoms with Crippen molar-refractivity contribution in [2.45, 2.75) is 25.8 Å². The number of hydrogen-bond acceptors (Lipinski definition) is 2. The van der Waals surface area contributed by atoms with E-state index in [4.69, 9.17) is 4.74 Å². The zero-order chi connectivity index (χ0) is 13.9. The van der Waals surface area contributed by atoms with E-state index in [2.05, 4.69) is 24.4 Å². The van der Waals surface area contributed by atoms with Gasteiger partial charge in [0.05, 0.1) is 18.3 Å². The summed E-state index contributed by atoms with van der Waals surface area (Å²) in [7, 11) is 0. The van der Waals surface area contributed by atoms with E-state index in [9.17, 15) is 4.39 Å². The SMILES string of the molecule is CCC(Nc1ccccc1F)c1ccc2c(c1)CCO2. The van der Waals surface area contributed by atoms with Gasteiger partial charge in [0.1, 0.15) is 11.6 Å². The molecule has 1 heterocycles. The van der Waals surface area contributed by atoms with E-state index in [0.29, 0.717) is 5.69 Å². The zero-order valence-electron chi connectivity index (χ0n) is 11.5. The molecule has 2 nitrogen and oxygen atoms in total. The van der Waals surface area contributed by atoms with Gasteiger partial charge in [-0.2, -0.15) is 0 Å². The van der Waals surface area contributed by atoms with Gasteiger partial charge in [0.25, 0.3) is 0 Å². The van der Waals surface area contributed by atoms with Crippen LogP contribution < -0.4 is 10.1 Å². The summed E-state index contributed by atoms with van der Waals surface area (Å²) in [6, 6.07) is 13.2. The molecule has 3 rings (SSSR count). The van der Waals surface area contributed by atoms with Crippen LogP contribution in [0.5, 0.6) is 5.75 Å².